The van der Waals surface area contributed by atoms with Crippen molar-refractivity contribution in [2.24, 2.45) is 5.92 Å². The van der Waals surface area contributed by atoms with Crippen LogP contribution in [0.5, 0.6) is 0 Å². The number of benzene rings is 2. The van der Waals surface area contributed by atoms with Gasteiger partial charge >= 0.3 is 6.03 Å². The molecule has 6 heteroatoms. The first-order chi connectivity index (χ1) is 13.4. The quantitative estimate of drug-likeness (QED) is 0.710. The van der Waals surface area contributed by atoms with Gasteiger partial charge in [-0.25, -0.2) is 4.79 Å². The Balaban J connectivity index is 2.11. The van der Waals surface area contributed by atoms with Crippen molar-refractivity contribution in [2.45, 2.75) is 20.8 Å². The Morgan fingerprint density at radius 2 is 1.79 bits per heavy atom. The third kappa shape index (κ3) is 6.39. The van der Waals surface area contributed by atoms with E-state index in [4.69, 9.17) is 4.74 Å². The van der Waals surface area contributed by atoms with Gasteiger partial charge in [0.15, 0.2) is 0 Å². The van der Waals surface area contributed by atoms with Crippen LogP contribution < -0.4 is 10.6 Å². The van der Waals surface area contributed by atoms with Crippen LogP contribution in [0.2, 0.25) is 0 Å². The van der Waals surface area contributed by atoms with Crippen molar-refractivity contribution in [3.8, 4) is 0 Å². The summed E-state index contributed by atoms with van der Waals surface area (Å²) in [4.78, 5) is 26.8. The first-order valence-electron chi connectivity index (χ1n) is 9.42. The Morgan fingerprint density at radius 3 is 2.43 bits per heavy atom. The molecular weight excluding hydrogens is 354 g/mol. The molecule has 0 bridgehead atoms. The van der Waals surface area contributed by atoms with Crippen LogP contribution in [0.1, 0.15) is 29.8 Å². The number of amides is 3. The second-order valence-corrected chi connectivity index (χ2v) is 7.11. The summed E-state index contributed by atoms with van der Waals surface area (Å²) in [5, 5.41) is 5.83. The maximum atomic E-state index is 12.7. The minimum absolute atomic E-state index is 0.180. The van der Waals surface area contributed by atoms with Crippen LogP contribution in [0.15, 0.2) is 48.5 Å². The third-order valence-electron chi connectivity index (χ3n) is 4.21. The lowest BCUT2D eigenvalue weighted by molar-refractivity contribution is 0.102. The molecule has 0 radical (unpaired) electrons. The van der Waals surface area contributed by atoms with E-state index in [1.165, 1.54) is 0 Å². The molecule has 2 rings (SSSR count). The van der Waals surface area contributed by atoms with E-state index in [0.717, 1.165) is 5.56 Å². The lowest BCUT2D eigenvalue weighted by atomic mass is 10.1. The Kier molecular flexibility index (Phi) is 8.02. The number of carbonyl (C=O) groups excluding carboxylic acids is 2. The molecule has 0 fully saturated rings. The van der Waals surface area contributed by atoms with Gasteiger partial charge in [0.1, 0.15) is 0 Å². The summed E-state index contributed by atoms with van der Waals surface area (Å²) in [7, 11) is 1.62. The van der Waals surface area contributed by atoms with Crippen LogP contribution in [-0.4, -0.2) is 43.6 Å². The predicted molar refractivity (Wildman–Crippen MR) is 113 cm³/mol. The van der Waals surface area contributed by atoms with Gasteiger partial charge in [0.25, 0.3) is 5.91 Å². The topological polar surface area (TPSA) is 70.7 Å². The number of carbonyl (C=O) groups is 2. The van der Waals surface area contributed by atoms with Crippen LogP contribution in [0.3, 0.4) is 0 Å². The number of methoxy groups -OCH3 is 1. The third-order valence-corrected chi connectivity index (χ3v) is 4.21. The Morgan fingerprint density at radius 1 is 1.07 bits per heavy atom. The zero-order valence-electron chi connectivity index (χ0n) is 17.0. The van der Waals surface area contributed by atoms with Gasteiger partial charge in [-0.15, -0.1) is 0 Å². The number of ether oxygens (including phenoxy) is 1. The number of nitrogens with one attached hydrogen (secondary N) is 2. The fourth-order valence-corrected chi connectivity index (χ4v) is 2.74. The van der Waals surface area contributed by atoms with Crippen LogP contribution in [0.25, 0.3) is 0 Å². The Bertz CT molecular complexity index is 791. The van der Waals surface area contributed by atoms with E-state index in [2.05, 4.69) is 24.5 Å². The fourth-order valence-electron chi connectivity index (χ4n) is 2.74. The van der Waals surface area contributed by atoms with Gasteiger partial charge in [-0.1, -0.05) is 38.1 Å². The van der Waals surface area contributed by atoms with E-state index in [-0.39, 0.29) is 11.9 Å². The van der Waals surface area contributed by atoms with Crippen molar-refractivity contribution in [3.63, 3.8) is 0 Å². The van der Waals surface area contributed by atoms with Crippen LogP contribution in [0, 0.1) is 12.8 Å². The fraction of sp³-hybridized carbons (Fsp3) is 0.364. The number of anilines is 2. The summed E-state index contributed by atoms with van der Waals surface area (Å²) in [6.07, 6.45) is 0. The van der Waals surface area contributed by atoms with Gasteiger partial charge < -0.3 is 20.3 Å². The van der Waals surface area contributed by atoms with Crippen molar-refractivity contribution in [3.05, 3.63) is 59.7 Å². The first-order valence-corrected chi connectivity index (χ1v) is 9.42. The lowest BCUT2D eigenvalue weighted by Crippen LogP contribution is -2.39. The number of nitrogens with zero attached hydrogens (tertiary/aromatic N) is 1. The molecule has 6 nitrogen and oxygen atoms in total. The summed E-state index contributed by atoms with van der Waals surface area (Å²) in [6.45, 7) is 7.69. The molecule has 0 aliphatic carbocycles. The highest BCUT2D eigenvalue weighted by Gasteiger charge is 2.16. The average molecular weight is 383 g/mol. The van der Waals surface area contributed by atoms with Gasteiger partial charge in [-0.3, -0.25) is 4.79 Å². The Hall–Kier alpha value is -2.86. The smallest absolute Gasteiger partial charge is 0.321 e. The molecule has 2 N–H and O–H groups in total. The molecule has 150 valence electrons. The van der Waals surface area contributed by atoms with Crippen LogP contribution in [0.4, 0.5) is 16.2 Å². The van der Waals surface area contributed by atoms with Crippen molar-refractivity contribution >= 4 is 23.3 Å². The maximum Gasteiger partial charge on any atom is 0.321 e. The van der Waals surface area contributed by atoms with E-state index in [1.54, 1.807) is 30.2 Å². The first kappa shape index (κ1) is 21.4. The molecule has 0 spiro atoms. The second-order valence-electron chi connectivity index (χ2n) is 7.11. The minimum Gasteiger partial charge on any atom is -0.383 e. The summed E-state index contributed by atoms with van der Waals surface area (Å²) in [6, 6.07) is 14.3. The normalized spacial score (nSPS) is 10.6. The number of urea groups is 1. The monoisotopic (exact) mass is 383 g/mol. The molecule has 0 saturated carbocycles. The molecule has 0 aliphatic rings. The molecular formula is C22H29N3O3. The predicted octanol–water partition coefficient (Wildman–Crippen LogP) is 4.38. The van der Waals surface area contributed by atoms with Crippen molar-refractivity contribution in [1.29, 1.82) is 0 Å². The van der Waals surface area contributed by atoms with Gasteiger partial charge in [-0.2, -0.15) is 0 Å². The van der Waals surface area contributed by atoms with Crippen molar-refractivity contribution in [1.82, 2.24) is 4.90 Å². The largest absolute Gasteiger partial charge is 0.383 e. The van der Waals surface area contributed by atoms with Gasteiger partial charge in [-0.05, 0) is 42.7 Å². The second kappa shape index (κ2) is 10.5. The highest BCUT2D eigenvalue weighted by molar-refractivity contribution is 6.04. The molecule has 0 saturated heterocycles. The van der Waals surface area contributed by atoms with E-state index in [9.17, 15) is 9.59 Å². The zero-order chi connectivity index (χ0) is 20.5. The molecule has 0 unspecified atom stereocenters. The standard InChI is InChI=1S/C22H29N3O3/c1-16(2)15-25(12-13-28-4)22(27)24-20-14-19(11-10-17(20)3)23-21(26)18-8-6-5-7-9-18/h5-11,14,16H,12-13,15H2,1-4H3,(H,23,26)(H,24,27). The number of hydrogen-bond acceptors (Lipinski definition) is 3. The van der Waals surface area contributed by atoms with E-state index in [0.29, 0.717) is 42.6 Å². The molecule has 28 heavy (non-hydrogen) atoms. The summed E-state index contributed by atoms with van der Waals surface area (Å²) in [5.41, 5.74) is 2.79. The lowest BCUT2D eigenvalue weighted by Gasteiger charge is -2.25. The summed E-state index contributed by atoms with van der Waals surface area (Å²) >= 11 is 0. The molecule has 0 atom stereocenters. The highest BCUT2D eigenvalue weighted by atomic mass is 16.5. The molecule has 0 aromatic heterocycles. The maximum absolute atomic E-state index is 12.7. The van der Waals surface area contributed by atoms with E-state index >= 15 is 0 Å². The minimum atomic E-state index is -0.191. The highest BCUT2D eigenvalue weighted by Crippen LogP contribution is 2.21. The van der Waals surface area contributed by atoms with Gasteiger partial charge in [0.2, 0.25) is 0 Å². The van der Waals surface area contributed by atoms with E-state index < -0.39 is 0 Å². The molecule has 0 heterocycles. The van der Waals surface area contributed by atoms with E-state index in [1.807, 2.05) is 37.3 Å². The molecule has 3 amide bonds. The average Bonchev–Trinajstić information content (AvgIpc) is 2.68. The molecule has 0 aliphatic heterocycles. The zero-order valence-corrected chi connectivity index (χ0v) is 17.0. The number of rotatable bonds is 8. The summed E-state index contributed by atoms with van der Waals surface area (Å²) in [5.74, 6) is 0.156. The molecule has 2 aromatic carbocycles. The van der Waals surface area contributed by atoms with Crippen LogP contribution in [-0.2, 0) is 4.74 Å². The van der Waals surface area contributed by atoms with Crippen LogP contribution >= 0.6 is 0 Å². The molecule has 2 aromatic rings. The van der Waals surface area contributed by atoms with Crippen molar-refractivity contribution in [2.75, 3.05) is 37.4 Å². The number of aryl methyl sites for hydroxylation is 1. The van der Waals surface area contributed by atoms with Crippen molar-refractivity contribution < 1.29 is 14.3 Å². The number of hydrogen-bond donors (Lipinski definition) is 2. The summed E-state index contributed by atoms with van der Waals surface area (Å²) < 4.78 is 5.11. The SMILES string of the molecule is COCCN(CC(C)C)C(=O)Nc1cc(NC(=O)c2ccccc2)ccc1C. The Labute approximate surface area is 166 Å². The van der Waals surface area contributed by atoms with Gasteiger partial charge in [0, 0.05) is 37.1 Å². The van der Waals surface area contributed by atoms with Gasteiger partial charge in [0.05, 0.1) is 6.61 Å².